The normalized spacial score (nSPS) is 9.26. The number of rotatable bonds is 4. The quantitative estimate of drug-likeness (QED) is 0.794. The molecule has 0 saturated heterocycles. The Bertz CT molecular complexity index is 463. The minimum atomic E-state index is -1.56. The zero-order valence-electron chi connectivity index (χ0n) is 11.0. The predicted molar refractivity (Wildman–Crippen MR) is 74.0 cm³/mol. The van der Waals surface area contributed by atoms with Crippen molar-refractivity contribution in [3.8, 4) is 6.01 Å². The van der Waals surface area contributed by atoms with Gasteiger partial charge in [0, 0.05) is 17.9 Å². The van der Waals surface area contributed by atoms with E-state index in [1.54, 1.807) is 0 Å². The fourth-order valence-electron chi connectivity index (χ4n) is 1.26. The van der Waals surface area contributed by atoms with Crippen molar-refractivity contribution < 1.29 is 14.8 Å². The van der Waals surface area contributed by atoms with Gasteiger partial charge in [-0.05, 0) is 5.56 Å². The predicted octanol–water partition coefficient (Wildman–Crippen LogP) is 0.762. The lowest BCUT2D eigenvalue weighted by molar-refractivity contribution is 0.280. The van der Waals surface area contributed by atoms with E-state index in [1.165, 1.54) is 12.4 Å². The summed E-state index contributed by atoms with van der Waals surface area (Å²) in [5.74, 6) is 0. The molecular formula is C13H17BN2O3. The summed E-state index contributed by atoms with van der Waals surface area (Å²) < 4.78 is 5.34. The summed E-state index contributed by atoms with van der Waals surface area (Å²) in [6, 6.07) is 9.85. The van der Waals surface area contributed by atoms with Crippen LogP contribution in [0.25, 0.3) is 0 Å². The molecule has 2 aromatic rings. The largest absolute Gasteiger partial charge is 0.491 e. The molecule has 0 spiro atoms. The third kappa shape index (κ3) is 5.07. The Kier molecular flexibility index (Phi) is 6.56. The maximum Gasteiger partial charge on any atom is 0.491 e. The van der Waals surface area contributed by atoms with Gasteiger partial charge in [-0.25, -0.2) is 9.97 Å². The van der Waals surface area contributed by atoms with E-state index < -0.39 is 7.12 Å². The molecule has 5 nitrogen and oxygen atoms in total. The summed E-state index contributed by atoms with van der Waals surface area (Å²) in [6.07, 6.45) is 2.63. The third-order valence-corrected chi connectivity index (χ3v) is 2.16. The third-order valence-electron chi connectivity index (χ3n) is 2.16. The van der Waals surface area contributed by atoms with Crippen molar-refractivity contribution in [2.75, 3.05) is 0 Å². The summed E-state index contributed by atoms with van der Waals surface area (Å²) in [5, 5.41) is 17.7. The van der Waals surface area contributed by atoms with E-state index in [9.17, 15) is 0 Å². The molecule has 0 aliphatic heterocycles. The molecule has 100 valence electrons. The van der Waals surface area contributed by atoms with Crippen LogP contribution in [0.5, 0.6) is 6.01 Å². The van der Waals surface area contributed by atoms with Crippen molar-refractivity contribution in [3.05, 3.63) is 48.3 Å². The zero-order chi connectivity index (χ0) is 14.1. The van der Waals surface area contributed by atoms with Crippen LogP contribution in [0.4, 0.5) is 0 Å². The van der Waals surface area contributed by atoms with E-state index in [1.807, 2.05) is 44.2 Å². The standard InChI is InChI=1S/C11H11BN2O3.C2H6/c15-12(16)10-6-13-11(14-7-10)17-8-9-4-2-1-3-5-9;1-2/h1-7,15-16H,8H2;1-2H3. The Hall–Kier alpha value is -1.92. The number of aromatic nitrogens is 2. The Morgan fingerprint density at radius 1 is 1.05 bits per heavy atom. The van der Waals surface area contributed by atoms with E-state index in [0.29, 0.717) is 6.61 Å². The first-order chi connectivity index (χ1) is 9.25. The lowest BCUT2D eigenvalue weighted by Gasteiger charge is -2.04. The first-order valence-corrected chi connectivity index (χ1v) is 6.10. The van der Waals surface area contributed by atoms with E-state index >= 15 is 0 Å². The average molecular weight is 260 g/mol. The Balaban J connectivity index is 0.000000861. The van der Waals surface area contributed by atoms with Crippen LogP contribution in [0.15, 0.2) is 42.7 Å². The summed E-state index contributed by atoms with van der Waals surface area (Å²) >= 11 is 0. The van der Waals surface area contributed by atoms with Gasteiger partial charge < -0.3 is 14.8 Å². The summed E-state index contributed by atoms with van der Waals surface area (Å²) in [6.45, 7) is 4.38. The van der Waals surface area contributed by atoms with Crippen LogP contribution in [-0.2, 0) is 6.61 Å². The van der Waals surface area contributed by atoms with Crippen molar-refractivity contribution in [3.63, 3.8) is 0 Å². The number of nitrogens with zero attached hydrogens (tertiary/aromatic N) is 2. The second-order valence-corrected chi connectivity index (χ2v) is 3.45. The molecular weight excluding hydrogens is 243 g/mol. The fraction of sp³-hybridized carbons (Fsp3) is 0.231. The molecule has 2 N–H and O–H groups in total. The van der Waals surface area contributed by atoms with Crippen LogP contribution in [0.1, 0.15) is 19.4 Å². The number of hydrogen-bond donors (Lipinski definition) is 2. The molecule has 0 bridgehead atoms. The fourth-order valence-corrected chi connectivity index (χ4v) is 1.26. The smallest absolute Gasteiger partial charge is 0.459 e. The molecule has 0 radical (unpaired) electrons. The van der Waals surface area contributed by atoms with Gasteiger partial charge in [-0.15, -0.1) is 0 Å². The highest BCUT2D eigenvalue weighted by molar-refractivity contribution is 6.58. The molecule has 1 heterocycles. The topological polar surface area (TPSA) is 75.5 Å². The molecule has 0 aliphatic carbocycles. The van der Waals surface area contributed by atoms with Gasteiger partial charge in [0.25, 0.3) is 0 Å². The monoisotopic (exact) mass is 260 g/mol. The Labute approximate surface area is 113 Å². The number of ether oxygens (including phenoxy) is 1. The Morgan fingerprint density at radius 3 is 2.16 bits per heavy atom. The molecule has 6 heteroatoms. The van der Waals surface area contributed by atoms with E-state index in [2.05, 4.69) is 9.97 Å². The van der Waals surface area contributed by atoms with Crippen LogP contribution >= 0.6 is 0 Å². The molecule has 0 aliphatic rings. The molecule has 0 amide bonds. The van der Waals surface area contributed by atoms with Crippen molar-refractivity contribution in [2.45, 2.75) is 20.5 Å². The van der Waals surface area contributed by atoms with Crippen LogP contribution < -0.4 is 10.2 Å². The summed E-state index contributed by atoms with van der Waals surface area (Å²) in [4.78, 5) is 7.72. The van der Waals surface area contributed by atoms with Gasteiger partial charge in [0.2, 0.25) is 0 Å². The van der Waals surface area contributed by atoms with Crippen LogP contribution in [0.3, 0.4) is 0 Å². The van der Waals surface area contributed by atoms with E-state index in [-0.39, 0.29) is 11.5 Å². The van der Waals surface area contributed by atoms with Gasteiger partial charge in [0.15, 0.2) is 0 Å². The molecule has 0 unspecified atom stereocenters. The molecule has 19 heavy (non-hydrogen) atoms. The molecule has 1 aromatic heterocycles. The second-order valence-electron chi connectivity index (χ2n) is 3.45. The molecule has 2 rings (SSSR count). The highest BCUT2D eigenvalue weighted by Gasteiger charge is 2.11. The maximum atomic E-state index is 8.86. The molecule has 0 saturated carbocycles. The molecule has 0 atom stereocenters. The van der Waals surface area contributed by atoms with E-state index in [4.69, 9.17) is 14.8 Å². The van der Waals surface area contributed by atoms with Crippen molar-refractivity contribution in [1.29, 1.82) is 0 Å². The van der Waals surface area contributed by atoms with Crippen molar-refractivity contribution in [1.82, 2.24) is 9.97 Å². The minimum Gasteiger partial charge on any atom is -0.459 e. The lowest BCUT2D eigenvalue weighted by atomic mass is 9.83. The highest BCUT2D eigenvalue weighted by Crippen LogP contribution is 2.04. The van der Waals surface area contributed by atoms with E-state index in [0.717, 1.165) is 5.56 Å². The van der Waals surface area contributed by atoms with Crippen LogP contribution in [-0.4, -0.2) is 27.1 Å². The first kappa shape index (κ1) is 15.1. The second kappa shape index (κ2) is 8.23. The van der Waals surface area contributed by atoms with Gasteiger partial charge in [-0.1, -0.05) is 44.2 Å². The number of hydrogen-bond acceptors (Lipinski definition) is 5. The summed E-state index contributed by atoms with van der Waals surface area (Å²) in [7, 11) is -1.56. The van der Waals surface area contributed by atoms with Crippen molar-refractivity contribution >= 4 is 12.6 Å². The van der Waals surface area contributed by atoms with Gasteiger partial charge in [0.05, 0.1) is 0 Å². The minimum absolute atomic E-state index is 0.207. The first-order valence-electron chi connectivity index (χ1n) is 6.10. The zero-order valence-corrected chi connectivity index (χ0v) is 11.0. The highest BCUT2D eigenvalue weighted by atomic mass is 16.5. The van der Waals surface area contributed by atoms with Crippen LogP contribution in [0.2, 0.25) is 0 Å². The van der Waals surface area contributed by atoms with Gasteiger partial charge in [-0.3, -0.25) is 0 Å². The lowest BCUT2D eigenvalue weighted by Crippen LogP contribution is -2.30. The van der Waals surface area contributed by atoms with Crippen LogP contribution in [0, 0.1) is 0 Å². The average Bonchev–Trinajstić information content (AvgIpc) is 2.49. The SMILES string of the molecule is CC.OB(O)c1cnc(OCc2ccccc2)nc1. The van der Waals surface area contributed by atoms with Gasteiger partial charge in [-0.2, -0.15) is 0 Å². The summed E-state index contributed by atoms with van der Waals surface area (Å²) in [5.41, 5.74) is 1.25. The Morgan fingerprint density at radius 2 is 1.63 bits per heavy atom. The van der Waals surface area contributed by atoms with Crippen molar-refractivity contribution in [2.24, 2.45) is 0 Å². The molecule has 0 fully saturated rings. The number of benzene rings is 1. The molecule has 1 aromatic carbocycles. The maximum absolute atomic E-state index is 8.86. The van der Waals surface area contributed by atoms with Gasteiger partial charge >= 0.3 is 13.1 Å². The van der Waals surface area contributed by atoms with Gasteiger partial charge in [0.1, 0.15) is 6.61 Å².